The second-order valence-corrected chi connectivity index (χ2v) is 5.99. The molecule has 0 unspecified atom stereocenters. The summed E-state index contributed by atoms with van der Waals surface area (Å²) >= 11 is 6.89. The van der Waals surface area contributed by atoms with Gasteiger partial charge in [-0.1, -0.05) is 0 Å². The van der Waals surface area contributed by atoms with Crippen LogP contribution < -0.4 is 5.32 Å². The Morgan fingerprint density at radius 3 is 2.85 bits per heavy atom. The van der Waals surface area contributed by atoms with Gasteiger partial charge in [-0.2, -0.15) is 5.10 Å². The zero-order chi connectivity index (χ0) is 14.1. The van der Waals surface area contributed by atoms with Gasteiger partial charge in [0.05, 0.1) is 17.8 Å². The molecule has 3 N–H and O–H groups in total. The number of halogens is 2. The Hall–Kier alpha value is -1.60. The van der Waals surface area contributed by atoms with E-state index in [2.05, 4.69) is 52.4 Å². The molecule has 0 bridgehead atoms. The van der Waals surface area contributed by atoms with Gasteiger partial charge < -0.3 is 10.3 Å². The second kappa shape index (κ2) is 5.41. The Morgan fingerprint density at radius 1 is 1.30 bits per heavy atom. The molecule has 0 aliphatic rings. The molecule has 1 aromatic carbocycles. The number of hydrogen-bond donors (Lipinski definition) is 3. The van der Waals surface area contributed by atoms with Crippen LogP contribution in [0.3, 0.4) is 0 Å². The number of amides is 1. The molecule has 5 nitrogen and oxygen atoms in total. The van der Waals surface area contributed by atoms with Gasteiger partial charge in [-0.15, -0.1) is 0 Å². The van der Waals surface area contributed by atoms with E-state index in [-0.39, 0.29) is 5.91 Å². The first-order chi connectivity index (χ1) is 9.65. The molecule has 0 saturated heterocycles. The van der Waals surface area contributed by atoms with Crippen LogP contribution >= 0.6 is 31.9 Å². The summed E-state index contributed by atoms with van der Waals surface area (Å²) in [5, 5.41) is 10.4. The summed E-state index contributed by atoms with van der Waals surface area (Å²) in [5.74, 6) is -0.125. The number of hydrogen-bond acceptors (Lipinski definition) is 2. The molecule has 0 saturated carbocycles. The van der Waals surface area contributed by atoms with Gasteiger partial charge in [0.25, 0.3) is 5.91 Å². The number of fused-ring (bicyclic) bond motifs is 1. The van der Waals surface area contributed by atoms with E-state index in [9.17, 15) is 4.79 Å². The molecule has 1 amide bonds. The summed E-state index contributed by atoms with van der Waals surface area (Å²) in [5.41, 5.74) is 2.39. The predicted molar refractivity (Wildman–Crippen MR) is 83.5 cm³/mol. The minimum Gasteiger partial charge on any atom is -0.360 e. The molecule has 2 aromatic heterocycles. The number of aromatic nitrogens is 3. The van der Waals surface area contributed by atoms with E-state index in [1.54, 1.807) is 12.4 Å². The van der Waals surface area contributed by atoms with Crippen LogP contribution in [0.5, 0.6) is 0 Å². The van der Waals surface area contributed by atoms with E-state index in [1.807, 2.05) is 18.2 Å². The molecule has 0 aliphatic heterocycles. The molecule has 102 valence electrons. The fourth-order valence-electron chi connectivity index (χ4n) is 1.96. The Kier molecular flexibility index (Phi) is 3.62. The summed E-state index contributed by atoms with van der Waals surface area (Å²) in [6, 6.07) is 5.68. The monoisotopic (exact) mass is 396 g/mol. The molecule has 7 heteroatoms. The van der Waals surface area contributed by atoms with Gasteiger partial charge in [-0.05, 0) is 50.1 Å². The summed E-state index contributed by atoms with van der Waals surface area (Å²) in [4.78, 5) is 15.3. The standard InChI is InChI=1S/C13H10Br2N4O/c14-10-3-8-9(6-16-12(8)4-11(10)15)13(20)17-5-7-1-2-18-19-7/h1-4,6,16H,5H2,(H,17,20)(H,18,19). The normalized spacial score (nSPS) is 10.9. The maximum Gasteiger partial charge on any atom is 0.253 e. The maximum absolute atomic E-state index is 12.2. The van der Waals surface area contributed by atoms with E-state index >= 15 is 0 Å². The second-order valence-electron chi connectivity index (χ2n) is 4.28. The Labute approximate surface area is 131 Å². The van der Waals surface area contributed by atoms with E-state index in [1.165, 1.54) is 0 Å². The lowest BCUT2D eigenvalue weighted by Crippen LogP contribution is -2.22. The van der Waals surface area contributed by atoms with Gasteiger partial charge in [-0.3, -0.25) is 9.89 Å². The molecule has 0 spiro atoms. The molecule has 0 radical (unpaired) electrons. The quantitative estimate of drug-likeness (QED) is 0.634. The zero-order valence-electron chi connectivity index (χ0n) is 10.2. The summed E-state index contributed by atoms with van der Waals surface area (Å²) in [6.07, 6.45) is 3.37. The van der Waals surface area contributed by atoms with Crippen molar-refractivity contribution in [3.05, 3.63) is 50.8 Å². The number of nitrogens with zero attached hydrogens (tertiary/aromatic N) is 1. The minimum atomic E-state index is -0.125. The maximum atomic E-state index is 12.2. The van der Waals surface area contributed by atoms with Crippen molar-refractivity contribution < 1.29 is 4.79 Å². The highest BCUT2D eigenvalue weighted by atomic mass is 79.9. The van der Waals surface area contributed by atoms with Crippen molar-refractivity contribution in [2.75, 3.05) is 0 Å². The van der Waals surface area contributed by atoms with Crippen LogP contribution in [0, 0.1) is 0 Å². The molecule has 0 aliphatic carbocycles. The molecular weight excluding hydrogens is 388 g/mol. The van der Waals surface area contributed by atoms with Gasteiger partial charge in [-0.25, -0.2) is 0 Å². The number of aromatic amines is 2. The SMILES string of the molecule is O=C(NCc1ccn[nH]1)c1c[nH]c2cc(Br)c(Br)cc12. The fourth-order valence-corrected chi connectivity index (χ4v) is 2.65. The molecule has 0 fully saturated rings. The Morgan fingerprint density at radius 2 is 2.10 bits per heavy atom. The number of nitrogens with one attached hydrogen (secondary N) is 3. The van der Waals surface area contributed by atoms with Gasteiger partial charge in [0.1, 0.15) is 0 Å². The molecule has 20 heavy (non-hydrogen) atoms. The fraction of sp³-hybridized carbons (Fsp3) is 0.0769. The third-order valence-corrected chi connectivity index (χ3v) is 4.81. The molecule has 3 aromatic rings. The van der Waals surface area contributed by atoms with Crippen molar-refractivity contribution in [1.29, 1.82) is 0 Å². The minimum absolute atomic E-state index is 0.125. The van der Waals surface area contributed by atoms with Gasteiger partial charge in [0.15, 0.2) is 0 Å². The van der Waals surface area contributed by atoms with E-state index < -0.39 is 0 Å². The average Bonchev–Trinajstić information content (AvgIpc) is 3.06. The van der Waals surface area contributed by atoms with E-state index in [4.69, 9.17) is 0 Å². The zero-order valence-corrected chi connectivity index (χ0v) is 13.4. The molecular formula is C13H10Br2N4O. The molecule has 0 atom stereocenters. The predicted octanol–water partition coefficient (Wildman–Crippen LogP) is 3.35. The van der Waals surface area contributed by atoms with Crippen molar-refractivity contribution in [3.8, 4) is 0 Å². The van der Waals surface area contributed by atoms with Crippen LogP contribution in [0.25, 0.3) is 10.9 Å². The summed E-state index contributed by atoms with van der Waals surface area (Å²) in [7, 11) is 0. The largest absolute Gasteiger partial charge is 0.360 e. The van der Waals surface area contributed by atoms with Crippen LogP contribution in [0.15, 0.2) is 39.5 Å². The van der Waals surface area contributed by atoms with Crippen molar-refractivity contribution >= 4 is 48.7 Å². The van der Waals surface area contributed by atoms with Crippen molar-refractivity contribution in [2.45, 2.75) is 6.54 Å². The van der Waals surface area contributed by atoms with Crippen molar-refractivity contribution in [3.63, 3.8) is 0 Å². The Balaban J connectivity index is 1.86. The first-order valence-corrected chi connectivity index (χ1v) is 7.46. The van der Waals surface area contributed by atoms with Gasteiger partial charge in [0, 0.05) is 32.2 Å². The van der Waals surface area contributed by atoms with E-state index in [0.29, 0.717) is 12.1 Å². The number of carbonyl (C=O) groups excluding carboxylic acids is 1. The Bertz CT molecular complexity index is 764. The first kappa shape index (κ1) is 13.4. The van der Waals surface area contributed by atoms with Crippen molar-refractivity contribution in [2.24, 2.45) is 0 Å². The van der Waals surface area contributed by atoms with Crippen LogP contribution in [-0.4, -0.2) is 21.1 Å². The highest BCUT2D eigenvalue weighted by Gasteiger charge is 2.13. The van der Waals surface area contributed by atoms with Crippen LogP contribution in [0.1, 0.15) is 16.1 Å². The highest BCUT2D eigenvalue weighted by molar-refractivity contribution is 9.13. The third-order valence-electron chi connectivity index (χ3n) is 2.97. The number of rotatable bonds is 3. The average molecular weight is 398 g/mol. The lowest BCUT2D eigenvalue weighted by atomic mass is 10.1. The molecule has 2 heterocycles. The summed E-state index contributed by atoms with van der Waals surface area (Å²) < 4.78 is 1.85. The lowest BCUT2D eigenvalue weighted by molar-refractivity contribution is 0.0952. The highest BCUT2D eigenvalue weighted by Crippen LogP contribution is 2.30. The van der Waals surface area contributed by atoms with Crippen LogP contribution in [0.4, 0.5) is 0 Å². The number of H-pyrrole nitrogens is 2. The lowest BCUT2D eigenvalue weighted by Gasteiger charge is -2.03. The van der Waals surface area contributed by atoms with Crippen molar-refractivity contribution in [1.82, 2.24) is 20.5 Å². The van der Waals surface area contributed by atoms with Crippen LogP contribution in [0.2, 0.25) is 0 Å². The molecule has 3 rings (SSSR count). The number of benzene rings is 1. The number of carbonyl (C=O) groups is 1. The first-order valence-electron chi connectivity index (χ1n) is 5.88. The third kappa shape index (κ3) is 2.51. The smallest absolute Gasteiger partial charge is 0.253 e. The van der Waals surface area contributed by atoms with Crippen LogP contribution in [-0.2, 0) is 6.54 Å². The van der Waals surface area contributed by atoms with Gasteiger partial charge in [0.2, 0.25) is 0 Å². The topological polar surface area (TPSA) is 73.6 Å². The van der Waals surface area contributed by atoms with E-state index in [0.717, 1.165) is 25.5 Å². The summed E-state index contributed by atoms with van der Waals surface area (Å²) in [6.45, 7) is 0.420. The van der Waals surface area contributed by atoms with Gasteiger partial charge >= 0.3 is 0 Å².